The summed E-state index contributed by atoms with van der Waals surface area (Å²) in [7, 11) is 0. The molecule has 0 fully saturated rings. The van der Waals surface area contributed by atoms with Crippen molar-refractivity contribution in [2.45, 2.75) is 19.4 Å². The van der Waals surface area contributed by atoms with Crippen LogP contribution in [0.4, 0.5) is 0 Å². The van der Waals surface area contributed by atoms with E-state index in [9.17, 15) is 9.90 Å². The van der Waals surface area contributed by atoms with Gasteiger partial charge < -0.3 is 5.11 Å². The predicted octanol–water partition coefficient (Wildman–Crippen LogP) is 2.43. The van der Waals surface area contributed by atoms with Crippen LogP contribution in [0.5, 0.6) is 0 Å². The minimum atomic E-state index is -1.22. The summed E-state index contributed by atoms with van der Waals surface area (Å²) < 4.78 is 0. The molecule has 0 bridgehead atoms. The van der Waals surface area contributed by atoms with E-state index in [1.807, 2.05) is 30.3 Å². The second kappa shape index (κ2) is 7.36. The zero-order chi connectivity index (χ0) is 15.1. The lowest BCUT2D eigenvalue weighted by Crippen LogP contribution is -2.25. The van der Waals surface area contributed by atoms with Crippen LogP contribution >= 0.6 is 0 Å². The van der Waals surface area contributed by atoms with Crippen LogP contribution in [0.2, 0.25) is 0 Å². The van der Waals surface area contributed by atoms with Crippen molar-refractivity contribution in [3.8, 4) is 0 Å². The molecule has 108 valence electrons. The van der Waals surface area contributed by atoms with E-state index in [1.165, 1.54) is 5.56 Å². The molecule has 4 nitrogen and oxygen atoms in total. The summed E-state index contributed by atoms with van der Waals surface area (Å²) in [4.78, 5) is 11.8. The molecule has 0 aliphatic heterocycles. The van der Waals surface area contributed by atoms with E-state index in [4.69, 9.17) is 0 Å². The number of rotatable bonds is 5. The SMILES string of the molecule is CCc1ccc(/C=N\NC(=O)C(O)c2ccccc2)cc1. The zero-order valence-corrected chi connectivity index (χ0v) is 11.9. The van der Waals surface area contributed by atoms with Crippen molar-refractivity contribution in [3.05, 3.63) is 71.3 Å². The number of benzene rings is 2. The first-order valence-corrected chi connectivity index (χ1v) is 6.85. The number of hydrazone groups is 1. The fourth-order valence-corrected chi connectivity index (χ4v) is 1.86. The molecule has 21 heavy (non-hydrogen) atoms. The summed E-state index contributed by atoms with van der Waals surface area (Å²) in [5.74, 6) is -0.553. The normalized spacial score (nSPS) is 12.3. The fraction of sp³-hybridized carbons (Fsp3) is 0.176. The third-order valence-electron chi connectivity index (χ3n) is 3.14. The summed E-state index contributed by atoms with van der Waals surface area (Å²) >= 11 is 0. The molecular weight excluding hydrogens is 264 g/mol. The monoisotopic (exact) mass is 282 g/mol. The largest absolute Gasteiger partial charge is 0.378 e. The zero-order valence-electron chi connectivity index (χ0n) is 11.9. The minimum Gasteiger partial charge on any atom is -0.378 e. The Morgan fingerprint density at radius 3 is 2.48 bits per heavy atom. The van der Waals surface area contributed by atoms with Crippen LogP contribution in [0.3, 0.4) is 0 Å². The molecular formula is C17H18N2O2. The smallest absolute Gasteiger partial charge is 0.273 e. The first-order chi connectivity index (χ1) is 10.2. The van der Waals surface area contributed by atoms with E-state index in [0.717, 1.165) is 12.0 Å². The molecule has 0 aromatic heterocycles. The molecule has 0 saturated carbocycles. The van der Waals surface area contributed by atoms with Crippen molar-refractivity contribution >= 4 is 12.1 Å². The van der Waals surface area contributed by atoms with Gasteiger partial charge >= 0.3 is 0 Å². The first-order valence-electron chi connectivity index (χ1n) is 6.85. The number of aliphatic hydroxyl groups is 1. The molecule has 4 heteroatoms. The molecule has 0 spiro atoms. The third-order valence-corrected chi connectivity index (χ3v) is 3.14. The summed E-state index contributed by atoms with van der Waals surface area (Å²) in [6, 6.07) is 16.6. The molecule has 0 aliphatic rings. The van der Waals surface area contributed by atoms with E-state index in [0.29, 0.717) is 5.56 Å². The number of nitrogens with one attached hydrogen (secondary N) is 1. The van der Waals surface area contributed by atoms with Crippen LogP contribution in [0.1, 0.15) is 29.7 Å². The third kappa shape index (κ3) is 4.26. The second-order valence-corrected chi connectivity index (χ2v) is 4.64. The van der Waals surface area contributed by atoms with E-state index in [-0.39, 0.29) is 0 Å². The number of hydrogen-bond acceptors (Lipinski definition) is 3. The summed E-state index contributed by atoms with van der Waals surface area (Å²) in [5, 5.41) is 13.7. The number of carbonyl (C=O) groups is 1. The van der Waals surface area contributed by atoms with E-state index < -0.39 is 12.0 Å². The molecule has 2 aromatic rings. The minimum absolute atomic E-state index is 0.539. The average molecular weight is 282 g/mol. The lowest BCUT2D eigenvalue weighted by atomic mass is 10.1. The van der Waals surface area contributed by atoms with E-state index >= 15 is 0 Å². The van der Waals surface area contributed by atoms with Gasteiger partial charge in [0.05, 0.1) is 6.21 Å². The van der Waals surface area contributed by atoms with E-state index in [2.05, 4.69) is 17.5 Å². The molecule has 1 amide bonds. The summed E-state index contributed by atoms with van der Waals surface area (Å²) in [5.41, 5.74) is 5.01. The maximum atomic E-state index is 11.8. The Kier molecular flexibility index (Phi) is 5.23. The van der Waals surface area contributed by atoms with Gasteiger partial charge in [-0.05, 0) is 23.1 Å². The van der Waals surface area contributed by atoms with E-state index in [1.54, 1.807) is 30.5 Å². The van der Waals surface area contributed by atoms with Gasteiger partial charge in [0, 0.05) is 0 Å². The highest BCUT2D eigenvalue weighted by atomic mass is 16.3. The molecule has 1 atom stereocenters. The number of amides is 1. The van der Waals surface area contributed by atoms with Gasteiger partial charge in [0.25, 0.3) is 5.91 Å². The van der Waals surface area contributed by atoms with Crippen molar-refractivity contribution in [1.82, 2.24) is 5.43 Å². The summed E-state index contributed by atoms with van der Waals surface area (Å²) in [6.45, 7) is 2.09. The maximum absolute atomic E-state index is 11.8. The van der Waals surface area contributed by atoms with Crippen LogP contribution in [-0.4, -0.2) is 17.2 Å². The van der Waals surface area contributed by atoms with Crippen LogP contribution < -0.4 is 5.43 Å². The lowest BCUT2D eigenvalue weighted by Gasteiger charge is -2.08. The highest BCUT2D eigenvalue weighted by Crippen LogP contribution is 2.11. The number of nitrogens with zero attached hydrogens (tertiary/aromatic N) is 1. The van der Waals surface area contributed by atoms with Gasteiger partial charge in [-0.25, -0.2) is 5.43 Å². The fourth-order valence-electron chi connectivity index (χ4n) is 1.86. The van der Waals surface area contributed by atoms with Gasteiger partial charge in [-0.3, -0.25) is 4.79 Å². The average Bonchev–Trinajstić information content (AvgIpc) is 2.55. The number of aliphatic hydroxyl groups excluding tert-OH is 1. The Labute approximate surface area is 124 Å². The van der Waals surface area contributed by atoms with Crippen LogP contribution in [0, 0.1) is 0 Å². The molecule has 0 heterocycles. The van der Waals surface area contributed by atoms with Crippen molar-refractivity contribution in [2.24, 2.45) is 5.10 Å². The Balaban J connectivity index is 1.92. The quantitative estimate of drug-likeness (QED) is 0.653. The van der Waals surface area contributed by atoms with Gasteiger partial charge in [-0.15, -0.1) is 0 Å². The van der Waals surface area contributed by atoms with Crippen LogP contribution in [0.25, 0.3) is 0 Å². The summed E-state index contributed by atoms with van der Waals surface area (Å²) in [6.07, 6.45) is 1.32. The number of carbonyl (C=O) groups excluding carboxylic acids is 1. The van der Waals surface area contributed by atoms with Gasteiger partial charge in [0.1, 0.15) is 0 Å². The van der Waals surface area contributed by atoms with Crippen LogP contribution in [-0.2, 0) is 11.2 Å². The Hall–Kier alpha value is -2.46. The van der Waals surface area contributed by atoms with Crippen molar-refractivity contribution in [2.75, 3.05) is 0 Å². The van der Waals surface area contributed by atoms with Crippen molar-refractivity contribution in [3.63, 3.8) is 0 Å². The lowest BCUT2D eigenvalue weighted by molar-refractivity contribution is -0.129. The highest BCUT2D eigenvalue weighted by molar-refractivity contribution is 5.84. The Bertz CT molecular complexity index is 606. The number of hydrogen-bond donors (Lipinski definition) is 2. The molecule has 0 saturated heterocycles. The predicted molar refractivity (Wildman–Crippen MR) is 83.0 cm³/mol. The molecule has 1 unspecified atom stereocenters. The topological polar surface area (TPSA) is 61.7 Å². The Morgan fingerprint density at radius 2 is 1.86 bits per heavy atom. The maximum Gasteiger partial charge on any atom is 0.273 e. The van der Waals surface area contributed by atoms with Gasteiger partial charge in [-0.1, -0.05) is 61.5 Å². The van der Waals surface area contributed by atoms with Gasteiger partial charge in [0.15, 0.2) is 6.10 Å². The van der Waals surface area contributed by atoms with Gasteiger partial charge in [0.2, 0.25) is 0 Å². The Morgan fingerprint density at radius 1 is 1.19 bits per heavy atom. The molecule has 0 aliphatic carbocycles. The van der Waals surface area contributed by atoms with Crippen molar-refractivity contribution < 1.29 is 9.90 Å². The molecule has 0 radical (unpaired) electrons. The highest BCUT2D eigenvalue weighted by Gasteiger charge is 2.15. The standard InChI is InChI=1S/C17H18N2O2/c1-2-13-8-10-14(11-9-13)12-18-19-17(21)16(20)15-6-4-3-5-7-15/h3-12,16,20H,2H2,1H3,(H,19,21)/b18-12-. The van der Waals surface area contributed by atoms with Crippen molar-refractivity contribution in [1.29, 1.82) is 0 Å². The number of aryl methyl sites for hydroxylation is 1. The van der Waals surface area contributed by atoms with Crippen LogP contribution in [0.15, 0.2) is 59.7 Å². The van der Waals surface area contributed by atoms with Gasteiger partial charge in [-0.2, -0.15) is 5.10 Å². The molecule has 2 N–H and O–H groups in total. The second-order valence-electron chi connectivity index (χ2n) is 4.64. The molecule has 2 aromatic carbocycles. The molecule has 2 rings (SSSR count). The first kappa shape index (κ1) is 14.9.